The Labute approximate surface area is 130 Å². The summed E-state index contributed by atoms with van der Waals surface area (Å²) < 4.78 is 7.54. The van der Waals surface area contributed by atoms with E-state index in [0.717, 1.165) is 23.6 Å². The average Bonchev–Trinajstić information content (AvgIpc) is 2.97. The highest BCUT2D eigenvalue weighted by molar-refractivity contribution is 5.37. The molecule has 1 atom stereocenters. The Bertz CT molecular complexity index is 768. The van der Waals surface area contributed by atoms with Crippen LogP contribution in [0.25, 0.3) is 5.65 Å². The number of rotatable bonds is 5. The first-order chi connectivity index (χ1) is 10.7. The molecule has 0 aliphatic heterocycles. The van der Waals surface area contributed by atoms with Crippen molar-refractivity contribution in [1.29, 1.82) is 0 Å². The zero-order valence-electron chi connectivity index (χ0n) is 13.1. The van der Waals surface area contributed by atoms with Crippen molar-refractivity contribution in [3.05, 3.63) is 60.3 Å². The van der Waals surface area contributed by atoms with E-state index in [-0.39, 0.29) is 6.04 Å². The summed E-state index contributed by atoms with van der Waals surface area (Å²) >= 11 is 0. The Morgan fingerprint density at radius 3 is 2.91 bits per heavy atom. The van der Waals surface area contributed by atoms with E-state index in [1.807, 2.05) is 30.6 Å². The summed E-state index contributed by atoms with van der Waals surface area (Å²) in [6.45, 7) is 2.98. The summed E-state index contributed by atoms with van der Waals surface area (Å²) in [4.78, 5) is 10.8. The summed E-state index contributed by atoms with van der Waals surface area (Å²) in [5.41, 5.74) is 3.19. The highest BCUT2D eigenvalue weighted by atomic mass is 16.5. The lowest BCUT2D eigenvalue weighted by atomic mass is 10.1. The molecule has 0 radical (unpaired) electrons. The third kappa shape index (κ3) is 2.67. The number of nitrogens with zero attached hydrogens (tertiary/aromatic N) is 4. The second-order valence-electron chi connectivity index (χ2n) is 5.39. The molecule has 3 aromatic rings. The largest absolute Gasteiger partial charge is 0.496 e. The van der Waals surface area contributed by atoms with Crippen LogP contribution in [0.1, 0.15) is 24.2 Å². The van der Waals surface area contributed by atoms with Crippen LogP contribution in [0.15, 0.2) is 49.1 Å². The van der Waals surface area contributed by atoms with E-state index >= 15 is 0 Å². The van der Waals surface area contributed by atoms with E-state index in [1.165, 1.54) is 5.56 Å². The van der Waals surface area contributed by atoms with Crippen molar-refractivity contribution in [2.24, 2.45) is 0 Å². The van der Waals surface area contributed by atoms with E-state index in [9.17, 15) is 0 Å². The Morgan fingerprint density at radius 2 is 2.09 bits per heavy atom. The number of methoxy groups -OCH3 is 1. The first kappa shape index (κ1) is 14.5. The maximum atomic E-state index is 5.47. The second kappa shape index (κ2) is 6.15. The van der Waals surface area contributed by atoms with E-state index in [2.05, 4.69) is 39.3 Å². The Balaban J connectivity index is 1.83. The van der Waals surface area contributed by atoms with Gasteiger partial charge in [-0.2, -0.15) is 0 Å². The minimum absolute atomic E-state index is 0.239. The first-order valence-corrected chi connectivity index (χ1v) is 7.30. The van der Waals surface area contributed by atoms with Gasteiger partial charge in [-0.15, -0.1) is 0 Å². The van der Waals surface area contributed by atoms with Gasteiger partial charge in [0, 0.05) is 30.5 Å². The number of hydrogen-bond donors (Lipinski definition) is 0. The smallest absolute Gasteiger partial charge is 0.155 e. The van der Waals surface area contributed by atoms with Gasteiger partial charge in [0.25, 0.3) is 0 Å². The van der Waals surface area contributed by atoms with Crippen LogP contribution in [-0.2, 0) is 6.54 Å². The molecule has 5 nitrogen and oxygen atoms in total. The van der Waals surface area contributed by atoms with Crippen molar-refractivity contribution in [1.82, 2.24) is 19.3 Å². The highest BCUT2D eigenvalue weighted by Crippen LogP contribution is 2.28. The van der Waals surface area contributed by atoms with Crippen LogP contribution in [0, 0.1) is 0 Å². The van der Waals surface area contributed by atoms with Crippen LogP contribution >= 0.6 is 0 Å². The summed E-state index contributed by atoms with van der Waals surface area (Å²) in [5.74, 6) is 0.921. The van der Waals surface area contributed by atoms with Crippen molar-refractivity contribution in [3.8, 4) is 5.75 Å². The zero-order valence-corrected chi connectivity index (χ0v) is 13.1. The van der Waals surface area contributed by atoms with E-state index in [1.54, 1.807) is 19.5 Å². The van der Waals surface area contributed by atoms with Crippen LogP contribution < -0.4 is 4.74 Å². The molecule has 0 amide bonds. The first-order valence-electron chi connectivity index (χ1n) is 7.30. The lowest BCUT2D eigenvalue weighted by molar-refractivity contribution is 0.243. The minimum atomic E-state index is 0.239. The van der Waals surface area contributed by atoms with E-state index in [0.29, 0.717) is 0 Å². The molecule has 22 heavy (non-hydrogen) atoms. The molecule has 0 fully saturated rings. The van der Waals surface area contributed by atoms with E-state index in [4.69, 9.17) is 4.74 Å². The minimum Gasteiger partial charge on any atom is -0.496 e. The molecule has 0 bridgehead atoms. The van der Waals surface area contributed by atoms with Crippen LogP contribution in [0.3, 0.4) is 0 Å². The molecule has 1 aromatic carbocycles. The zero-order chi connectivity index (χ0) is 15.5. The van der Waals surface area contributed by atoms with Crippen LogP contribution in [0.2, 0.25) is 0 Å². The fourth-order valence-corrected chi connectivity index (χ4v) is 2.65. The Hall–Kier alpha value is -2.40. The van der Waals surface area contributed by atoms with Gasteiger partial charge >= 0.3 is 0 Å². The quantitative estimate of drug-likeness (QED) is 0.726. The predicted octanol–water partition coefficient (Wildman–Crippen LogP) is 2.93. The number of hydrogen-bond acceptors (Lipinski definition) is 4. The summed E-state index contributed by atoms with van der Waals surface area (Å²) in [5, 5.41) is 0. The van der Waals surface area contributed by atoms with Crippen molar-refractivity contribution in [2.75, 3.05) is 14.2 Å². The van der Waals surface area contributed by atoms with Gasteiger partial charge in [0.05, 0.1) is 25.2 Å². The molecule has 2 aromatic heterocycles. The summed E-state index contributed by atoms with van der Waals surface area (Å²) in [6.07, 6.45) is 7.40. The molecular formula is C17H20N4O. The third-order valence-electron chi connectivity index (χ3n) is 4.06. The van der Waals surface area contributed by atoms with Gasteiger partial charge < -0.3 is 4.74 Å². The average molecular weight is 296 g/mol. The SMILES string of the molecule is COc1ccccc1[C@@H](C)N(C)Cc1cnc2cnccn12. The van der Waals surface area contributed by atoms with Crippen LogP contribution in [0.5, 0.6) is 5.75 Å². The Morgan fingerprint density at radius 1 is 1.27 bits per heavy atom. The highest BCUT2D eigenvalue weighted by Gasteiger charge is 2.17. The van der Waals surface area contributed by atoms with Crippen molar-refractivity contribution in [3.63, 3.8) is 0 Å². The number of aromatic nitrogens is 3. The molecule has 0 spiro atoms. The normalized spacial score (nSPS) is 12.7. The number of fused-ring (bicyclic) bond motifs is 1. The van der Waals surface area contributed by atoms with Gasteiger partial charge in [0.15, 0.2) is 5.65 Å². The molecule has 3 rings (SSSR count). The van der Waals surface area contributed by atoms with Crippen molar-refractivity contribution >= 4 is 5.65 Å². The lowest BCUT2D eigenvalue weighted by Crippen LogP contribution is -2.23. The van der Waals surface area contributed by atoms with Crippen LogP contribution in [-0.4, -0.2) is 33.4 Å². The number of ether oxygens (including phenoxy) is 1. The van der Waals surface area contributed by atoms with Gasteiger partial charge in [-0.25, -0.2) is 4.98 Å². The fourth-order valence-electron chi connectivity index (χ4n) is 2.65. The molecule has 5 heteroatoms. The van der Waals surface area contributed by atoms with E-state index < -0.39 is 0 Å². The molecular weight excluding hydrogens is 276 g/mol. The summed E-state index contributed by atoms with van der Waals surface area (Å²) in [6, 6.07) is 8.38. The number of para-hydroxylation sites is 1. The number of benzene rings is 1. The van der Waals surface area contributed by atoms with Gasteiger partial charge in [0.1, 0.15) is 5.75 Å². The molecule has 0 saturated carbocycles. The molecule has 114 valence electrons. The maximum Gasteiger partial charge on any atom is 0.155 e. The van der Waals surface area contributed by atoms with Crippen molar-refractivity contribution in [2.45, 2.75) is 19.5 Å². The molecule has 0 unspecified atom stereocenters. The molecule has 0 N–H and O–H groups in total. The fraction of sp³-hybridized carbons (Fsp3) is 0.294. The molecule has 2 heterocycles. The van der Waals surface area contributed by atoms with Gasteiger partial charge in [0.2, 0.25) is 0 Å². The molecule has 0 aliphatic carbocycles. The topological polar surface area (TPSA) is 42.7 Å². The van der Waals surface area contributed by atoms with Gasteiger partial charge in [-0.1, -0.05) is 18.2 Å². The van der Waals surface area contributed by atoms with Crippen LogP contribution in [0.4, 0.5) is 0 Å². The Kier molecular flexibility index (Phi) is 4.06. The molecule has 0 saturated heterocycles. The van der Waals surface area contributed by atoms with Crippen molar-refractivity contribution < 1.29 is 4.74 Å². The monoisotopic (exact) mass is 296 g/mol. The van der Waals surface area contributed by atoms with Gasteiger partial charge in [-0.3, -0.25) is 14.3 Å². The lowest BCUT2D eigenvalue weighted by Gasteiger charge is -2.26. The third-order valence-corrected chi connectivity index (χ3v) is 4.06. The standard InChI is InChI=1S/C17H20N4O/c1-13(15-6-4-5-7-16(15)22-3)20(2)12-14-10-19-17-11-18-8-9-21(14)17/h4-11,13H,12H2,1-3H3/t13-/m1/s1. The predicted molar refractivity (Wildman–Crippen MR) is 85.9 cm³/mol. The summed E-state index contributed by atoms with van der Waals surface area (Å²) in [7, 11) is 3.82. The second-order valence-corrected chi connectivity index (χ2v) is 5.39. The van der Waals surface area contributed by atoms with Gasteiger partial charge in [-0.05, 0) is 20.0 Å². The molecule has 0 aliphatic rings. The maximum absolute atomic E-state index is 5.47. The number of imidazole rings is 1.